The van der Waals surface area contributed by atoms with E-state index in [9.17, 15) is 14.4 Å². The first-order valence-electron chi connectivity index (χ1n) is 7.74. The van der Waals surface area contributed by atoms with Crippen molar-refractivity contribution in [1.29, 1.82) is 0 Å². The Hall–Kier alpha value is -2.67. The lowest BCUT2D eigenvalue weighted by molar-refractivity contribution is -0.122. The second-order valence-electron chi connectivity index (χ2n) is 5.54. The summed E-state index contributed by atoms with van der Waals surface area (Å²) in [5.74, 6) is -1.20. The standard InChI is InChI=1S/C17H21N3O4/c1-2-7-18-15(21)12-19-8-10-20(11-9-19)16(22)13-3-5-14(6-4-13)17(23)24/h2-6H,1,7-12H2,(H,18,21)(H,23,24). The first-order chi connectivity index (χ1) is 11.5. The number of carboxylic acid groups (broad SMARTS) is 1. The topological polar surface area (TPSA) is 90.0 Å². The van der Waals surface area contributed by atoms with E-state index in [4.69, 9.17) is 5.11 Å². The molecule has 2 amide bonds. The zero-order chi connectivity index (χ0) is 17.5. The van der Waals surface area contributed by atoms with E-state index in [1.54, 1.807) is 11.0 Å². The lowest BCUT2D eigenvalue weighted by atomic mass is 10.1. The lowest BCUT2D eigenvalue weighted by Gasteiger charge is -2.34. The molecule has 0 spiro atoms. The summed E-state index contributed by atoms with van der Waals surface area (Å²) >= 11 is 0. The van der Waals surface area contributed by atoms with Crippen LogP contribution in [0, 0.1) is 0 Å². The first-order valence-corrected chi connectivity index (χ1v) is 7.74. The summed E-state index contributed by atoms with van der Waals surface area (Å²) in [4.78, 5) is 38.6. The molecule has 0 aliphatic carbocycles. The summed E-state index contributed by atoms with van der Waals surface area (Å²) in [6.45, 7) is 6.63. The number of nitrogens with one attached hydrogen (secondary N) is 1. The molecule has 7 heteroatoms. The Morgan fingerprint density at radius 1 is 1.08 bits per heavy atom. The molecule has 1 aromatic carbocycles. The second-order valence-corrected chi connectivity index (χ2v) is 5.54. The molecule has 0 unspecified atom stereocenters. The quantitative estimate of drug-likeness (QED) is 0.739. The van der Waals surface area contributed by atoms with Gasteiger partial charge in [0, 0.05) is 38.3 Å². The second kappa shape index (κ2) is 8.26. The van der Waals surface area contributed by atoms with Crippen LogP contribution in [0.25, 0.3) is 0 Å². The molecule has 1 aliphatic rings. The summed E-state index contributed by atoms with van der Waals surface area (Å²) in [5.41, 5.74) is 0.624. The molecule has 1 aliphatic heterocycles. The van der Waals surface area contributed by atoms with Crippen LogP contribution in [0.15, 0.2) is 36.9 Å². The smallest absolute Gasteiger partial charge is 0.335 e. The maximum Gasteiger partial charge on any atom is 0.335 e. The Kier molecular flexibility index (Phi) is 6.08. The number of amides is 2. The van der Waals surface area contributed by atoms with Crippen LogP contribution >= 0.6 is 0 Å². The fourth-order valence-electron chi connectivity index (χ4n) is 2.49. The van der Waals surface area contributed by atoms with Crippen LogP contribution < -0.4 is 5.32 Å². The third-order valence-corrected chi connectivity index (χ3v) is 3.85. The third-order valence-electron chi connectivity index (χ3n) is 3.85. The number of carboxylic acids is 1. The number of carbonyl (C=O) groups excluding carboxylic acids is 2. The van der Waals surface area contributed by atoms with Crippen molar-refractivity contribution in [3.63, 3.8) is 0 Å². The molecule has 0 aromatic heterocycles. The van der Waals surface area contributed by atoms with Gasteiger partial charge in [-0.15, -0.1) is 6.58 Å². The number of aromatic carboxylic acids is 1. The molecular weight excluding hydrogens is 310 g/mol. The van der Waals surface area contributed by atoms with Gasteiger partial charge in [0.25, 0.3) is 5.91 Å². The Bertz CT molecular complexity index is 619. The number of hydrogen-bond acceptors (Lipinski definition) is 4. The van der Waals surface area contributed by atoms with Crippen LogP contribution in [-0.2, 0) is 4.79 Å². The molecule has 7 nitrogen and oxygen atoms in total. The average molecular weight is 331 g/mol. The van der Waals surface area contributed by atoms with Gasteiger partial charge < -0.3 is 15.3 Å². The monoisotopic (exact) mass is 331 g/mol. The minimum Gasteiger partial charge on any atom is -0.478 e. The average Bonchev–Trinajstić information content (AvgIpc) is 2.60. The number of nitrogens with zero attached hydrogens (tertiary/aromatic N) is 2. The minimum atomic E-state index is -1.02. The molecule has 2 N–H and O–H groups in total. The highest BCUT2D eigenvalue weighted by Crippen LogP contribution is 2.10. The maximum atomic E-state index is 12.4. The Morgan fingerprint density at radius 2 is 1.67 bits per heavy atom. The van der Waals surface area contributed by atoms with Gasteiger partial charge in [-0.25, -0.2) is 4.79 Å². The molecule has 1 aromatic rings. The maximum absolute atomic E-state index is 12.4. The van der Waals surface area contributed by atoms with E-state index in [0.29, 0.717) is 44.8 Å². The van der Waals surface area contributed by atoms with Gasteiger partial charge in [0.05, 0.1) is 12.1 Å². The highest BCUT2D eigenvalue weighted by molar-refractivity contribution is 5.96. The summed E-state index contributed by atoms with van der Waals surface area (Å²) in [7, 11) is 0. The molecule has 0 saturated carbocycles. The van der Waals surface area contributed by atoms with E-state index in [1.165, 1.54) is 24.3 Å². The number of rotatable bonds is 6. The van der Waals surface area contributed by atoms with E-state index in [-0.39, 0.29) is 17.4 Å². The highest BCUT2D eigenvalue weighted by atomic mass is 16.4. The van der Waals surface area contributed by atoms with Gasteiger partial charge in [-0.3, -0.25) is 14.5 Å². The summed E-state index contributed by atoms with van der Waals surface area (Å²) in [6.07, 6.45) is 1.63. The van der Waals surface area contributed by atoms with Crippen molar-refractivity contribution in [3.05, 3.63) is 48.0 Å². The molecule has 128 valence electrons. The van der Waals surface area contributed by atoms with Crippen molar-refractivity contribution in [2.75, 3.05) is 39.3 Å². The zero-order valence-electron chi connectivity index (χ0n) is 13.4. The number of carbonyl (C=O) groups is 3. The number of piperazine rings is 1. The van der Waals surface area contributed by atoms with E-state index in [0.717, 1.165) is 0 Å². The number of benzene rings is 1. The van der Waals surface area contributed by atoms with Gasteiger partial charge in [-0.1, -0.05) is 6.08 Å². The zero-order valence-corrected chi connectivity index (χ0v) is 13.4. The molecule has 1 saturated heterocycles. The molecular formula is C17H21N3O4. The summed E-state index contributed by atoms with van der Waals surface area (Å²) < 4.78 is 0. The van der Waals surface area contributed by atoms with Crippen LogP contribution in [0.2, 0.25) is 0 Å². The normalized spacial score (nSPS) is 14.9. The van der Waals surface area contributed by atoms with Gasteiger partial charge in [0.2, 0.25) is 5.91 Å². The van der Waals surface area contributed by atoms with Gasteiger partial charge in [-0.2, -0.15) is 0 Å². The van der Waals surface area contributed by atoms with Crippen molar-refractivity contribution >= 4 is 17.8 Å². The molecule has 0 atom stereocenters. The lowest BCUT2D eigenvalue weighted by Crippen LogP contribution is -2.51. The van der Waals surface area contributed by atoms with E-state index in [2.05, 4.69) is 11.9 Å². The molecule has 1 fully saturated rings. The van der Waals surface area contributed by atoms with E-state index >= 15 is 0 Å². The van der Waals surface area contributed by atoms with Crippen LogP contribution in [0.1, 0.15) is 20.7 Å². The Labute approximate surface area is 140 Å². The van der Waals surface area contributed by atoms with Crippen LogP contribution in [-0.4, -0.2) is 72.0 Å². The van der Waals surface area contributed by atoms with E-state index in [1.807, 2.05) is 4.90 Å². The van der Waals surface area contributed by atoms with Gasteiger partial charge in [-0.05, 0) is 24.3 Å². The van der Waals surface area contributed by atoms with Crippen LogP contribution in [0.4, 0.5) is 0 Å². The molecule has 0 bridgehead atoms. The van der Waals surface area contributed by atoms with Crippen molar-refractivity contribution in [2.45, 2.75) is 0 Å². The van der Waals surface area contributed by atoms with Gasteiger partial charge in [0.1, 0.15) is 0 Å². The molecule has 0 radical (unpaired) electrons. The fourth-order valence-corrected chi connectivity index (χ4v) is 2.49. The Balaban J connectivity index is 1.85. The van der Waals surface area contributed by atoms with Gasteiger partial charge >= 0.3 is 5.97 Å². The fraction of sp³-hybridized carbons (Fsp3) is 0.353. The van der Waals surface area contributed by atoms with Crippen LogP contribution in [0.5, 0.6) is 0 Å². The van der Waals surface area contributed by atoms with Crippen molar-refractivity contribution in [1.82, 2.24) is 15.1 Å². The highest BCUT2D eigenvalue weighted by Gasteiger charge is 2.23. The molecule has 24 heavy (non-hydrogen) atoms. The predicted octanol–water partition coefficient (Wildman–Crippen LogP) is 0.445. The number of hydrogen-bond donors (Lipinski definition) is 2. The molecule has 1 heterocycles. The predicted molar refractivity (Wildman–Crippen MR) is 89.0 cm³/mol. The third kappa shape index (κ3) is 4.66. The van der Waals surface area contributed by atoms with Crippen molar-refractivity contribution in [3.8, 4) is 0 Å². The summed E-state index contributed by atoms with van der Waals surface area (Å²) in [6, 6.07) is 5.91. The largest absolute Gasteiger partial charge is 0.478 e. The Morgan fingerprint density at radius 3 is 2.21 bits per heavy atom. The first kappa shape index (κ1) is 17.7. The van der Waals surface area contributed by atoms with E-state index < -0.39 is 5.97 Å². The van der Waals surface area contributed by atoms with Crippen molar-refractivity contribution < 1.29 is 19.5 Å². The summed E-state index contributed by atoms with van der Waals surface area (Å²) in [5, 5.41) is 11.6. The van der Waals surface area contributed by atoms with Gasteiger partial charge in [0.15, 0.2) is 0 Å². The van der Waals surface area contributed by atoms with Crippen molar-refractivity contribution in [2.24, 2.45) is 0 Å². The SMILES string of the molecule is C=CCNC(=O)CN1CCN(C(=O)c2ccc(C(=O)O)cc2)CC1. The molecule has 2 rings (SSSR count). The van der Waals surface area contributed by atoms with Crippen LogP contribution in [0.3, 0.4) is 0 Å². The minimum absolute atomic E-state index is 0.0565.